The molecule has 3 rings (SSSR count). The fourth-order valence-electron chi connectivity index (χ4n) is 2.52. The number of anilines is 1. The zero-order valence-electron chi connectivity index (χ0n) is 13.3. The lowest BCUT2D eigenvalue weighted by Gasteiger charge is -2.09. The Morgan fingerprint density at radius 1 is 1.09 bits per heavy atom. The number of nitrogens with one attached hydrogen (secondary N) is 1. The molecule has 0 aliphatic carbocycles. The second-order valence-corrected chi connectivity index (χ2v) is 6.74. The third-order valence-corrected chi connectivity index (χ3v) is 4.92. The van der Waals surface area contributed by atoms with Gasteiger partial charge in [-0.3, -0.25) is 0 Å². The minimum absolute atomic E-state index is 0.771. The summed E-state index contributed by atoms with van der Waals surface area (Å²) in [7, 11) is 0. The first-order valence-corrected chi connectivity index (χ1v) is 8.55. The highest BCUT2D eigenvalue weighted by Gasteiger charge is 2.14. The number of fused-ring (bicyclic) bond motifs is 1. The molecule has 0 atom stereocenters. The van der Waals surface area contributed by atoms with E-state index in [2.05, 4.69) is 50.4 Å². The molecular formula is C18H21N3S. The van der Waals surface area contributed by atoms with Crippen LogP contribution in [-0.2, 0) is 6.42 Å². The third-order valence-electron chi connectivity index (χ3n) is 3.82. The Morgan fingerprint density at radius 3 is 2.59 bits per heavy atom. The fourth-order valence-corrected chi connectivity index (χ4v) is 3.57. The molecule has 2 heterocycles. The maximum Gasteiger partial charge on any atom is 0.138 e. The Hall–Kier alpha value is -1.94. The molecule has 4 heteroatoms. The molecule has 0 bridgehead atoms. The number of benzene rings is 1. The molecule has 0 spiro atoms. The van der Waals surface area contributed by atoms with Crippen LogP contribution in [0.1, 0.15) is 35.2 Å². The van der Waals surface area contributed by atoms with Crippen molar-refractivity contribution in [3.8, 4) is 0 Å². The number of aryl methyl sites for hydroxylation is 2. The largest absolute Gasteiger partial charge is 0.369 e. The van der Waals surface area contributed by atoms with Gasteiger partial charge in [0.2, 0.25) is 0 Å². The fraction of sp³-hybridized carbons (Fsp3) is 0.333. The van der Waals surface area contributed by atoms with Crippen LogP contribution in [0.2, 0.25) is 0 Å². The van der Waals surface area contributed by atoms with Crippen LogP contribution >= 0.6 is 11.3 Å². The summed E-state index contributed by atoms with van der Waals surface area (Å²) >= 11 is 1.76. The van der Waals surface area contributed by atoms with Crippen LogP contribution in [0.25, 0.3) is 10.2 Å². The molecule has 0 saturated heterocycles. The lowest BCUT2D eigenvalue weighted by Crippen LogP contribution is -2.06. The summed E-state index contributed by atoms with van der Waals surface area (Å²) in [6.45, 7) is 7.42. The first-order valence-electron chi connectivity index (χ1n) is 7.73. The average molecular weight is 311 g/mol. The summed E-state index contributed by atoms with van der Waals surface area (Å²) in [4.78, 5) is 12.0. The van der Waals surface area contributed by atoms with E-state index in [1.54, 1.807) is 11.3 Å². The summed E-state index contributed by atoms with van der Waals surface area (Å²) in [5, 5.41) is 4.66. The van der Waals surface area contributed by atoms with Crippen molar-refractivity contribution >= 4 is 27.4 Å². The quantitative estimate of drug-likeness (QED) is 0.741. The molecule has 2 aromatic heterocycles. The van der Waals surface area contributed by atoms with E-state index in [-0.39, 0.29) is 0 Å². The van der Waals surface area contributed by atoms with Crippen molar-refractivity contribution in [1.82, 2.24) is 9.97 Å². The molecule has 1 aromatic carbocycles. The van der Waals surface area contributed by atoms with E-state index in [4.69, 9.17) is 9.97 Å². The molecule has 0 radical (unpaired) electrons. The van der Waals surface area contributed by atoms with Gasteiger partial charge in [-0.15, -0.1) is 11.3 Å². The summed E-state index contributed by atoms with van der Waals surface area (Å²) in [6, 6.07) is 10.4. The van der Waals surface area contributed by atoms with Crippen molar-refractivity contribution in [2.75, 3.05) is 11.9 Å². The highest BCUT2D eigenvalue weighted by molar-refractivity contribution is 7.18. The molecule has 1 N–H and O–H groups in total. The Balaban J connectivity index is 2.04. The minimum atomic E-state index is 0.771. The van der Waals surface area contributed by atoms with E-state index < -0.39 is 0 Å². The monoisotopic (exact) mass is 311 g/mol. The van der Waals surface area contributed by atoms with Crippen LogP contribution in [0.15, 0.2) is 30.3 Å². The van der Waals surface area contributed by atoms with E-state index in [1.807, 2.05) is 6.07 Å². The van der Waals surface area contributed by atoms with Gasteiger partial charge in [-0.25, -0.2) is 9.97 Å². The van der Waals surface area contributed by atoms with Crippen molar-refractivity contribution in [2.45, 2.75) is 33.6 Å². The van der Waals surface area contributed by atoms with Crippen LogP contribution in [0.3, 0.4) is 0 Å². The predicted molar refractivity (Wildman–Crippen MR) is 94.9 cm³/mol. The number of thiophene rings is 1. The first-order chi connectivity index (χ1) is 10.7. The van der Waals surface area contributed by atoms with Gasteiger partial charge in [0.1, 0.15) is 16.5 Å². The topological polar surface area (TPSA) is 37.8 Å². The highest BCUT2D eigenvalue weighted by Crippen LogP contribution is 2.33. The van der Waals surface area contributed by atoms with E-state index in [9.17, 15) is 0 Å². The summed E-state index contributed by atoms with van der Waals surface area (Å²) in [5.74, 6) is 1.87. The lowest BCUT2D eigenvalue weighted by molar-refractivity contribution is 0.947. The maximum absolute atomic E-state index is 4.79. The van der Waals surface area contributed by atoms with Crippen LogP contribution < -0.4 is 5.32 Å². The van der Waals surface area contributed by atoms with Crippen molar-refractivity contribution in [3.05, 3.63) is 52.2 Å². The zero-order chi connectivity index (χ0) is 15.5. The maximum atomic E-state index is 4.79. The van der Waals surface area contributed by atoms with Crippen molar-refractivity contribution in [3.63, 3.8) is 0 Å². The number of hydrogen-bond donors (Lipinski definition) is 1. The smallest absolute Gasteiger partial charge is 0.138 e. The van der Waals surface area contributed by atoms with Gasteiger partial charge in [0.15, 0.2) is 0 Å². The molecule has 0 aliphatic heterocycles. The molecule has 0 aliphatic rings. The molecule has 0 fully saturated rings. The lowest BCUT2D eigenvalue weighted by atomic mass is 10.1. The summed E-state index contributed by atoms with van der Waals surface area (Å²) in [6.07, 6.45) is 1.86. The number of nitrogens with zero attached hydrogens (tertiary/aromatic N) is 2. The molecule has 0 amide bonds. The third kappa shape index (κ3) is 2.97. The zero-order valence-corrected chi connectivity index (χ0v) is 14.1. The van der Waals surface area contributed by atoms with Crippen LogP contribution in [0, 0.1) is 13.8 Å². The van der Waals surface area contributed by atoms with Crippen LogP contribution in [0.5, 0.6) is 0 Å². The molecule has 3 nitrogen and oxygen atoms in total. The molecule has 114 valence electrons. The Morgan fingerprint density at radius 2 is 1.86 bits per heavy atom. The molecule has 22 heavy (non-hydrogen) atoms. The van der Waals surface area contributed by atoms with Crippen LogP contribution in [-0.4, -0.2) is 16.5 Å². The van der Waals surface area contributed by atoms with Gasteiger partial charge in [0, 0.05) is 17.8 Å². The summed E-state index contributed by atoms with van der Waals surface area (Å²) in [5.41, 5.74) is 2.54. The van der Waals surface area contributed by atoms with E-state index in [0.717, 1.165) is 35.9 Å². The van der Waals surface area contributed by atoms with Gasteiger partial charge in [0.25, 0.3) is 0 Å². The summed E-state index contributed by atoms with van der Waals surface area (Å²) < 4.78 is 0. The highest BCUT2D eigenvalue weighted by atomic mass is 32.1. The average Bonchev–Trinajstić information content (AvgIpc) is 2.81. The first kappa shape index (κ1) is 15.0. The number of rotatable bonds is 5. The van der Waals surface area contributed by atoms with Gasteiger partial charge in [0.05, 0.1) is 5.39 Å². The Bertz CT molecular complexity index is 778. The molecule has 3 aromatic rings. The second-order valence-electron chi connectivity index (χ2n) is 5.54. The number of aromatic nitrogens is 2. The van der Waals surface area contributed by atoms with Gasteiger partial charge >= 0.3 is 0 Å². The van der Waals surface area contributed by atoms with E-state index >= 15 is 0 Å². The second kappa shape index (κ2) is 6.44. The van der Waals surface area contributed by atoms with Gasteiger partial charge in [-0.1, -0.05) is 37.3 Å². The molecule has 0 saturated carbocycles. The van der Waals surface area contributed by atoms with E-state index in [0.29, 0.717) is 0 Å². The van der Waals surface area contributed by atoms with Crippen molar-refractivity contribution in [1.29, 1.82) is 0 Å². The van der Waals surface area contributed by atoms with E-state index in [1.165, 1.54) is 21.4 Å². The Labute approximate surface area is 135 Å². The molecular weight excluding hydrogens is 290 g/mol. The minimum Gasteiger partial charge on any atom is -0.369 e. The van der Waals surface area contributed by atoms with Crippen molar-refractivity contribution < 1.29 is 0 Å². The van der Waals surface area contributed by atoms with Gasteiger partial charge < -0.3 is 5.32 Å². The SMILES string of the molecule is CCCNc1nc(Cc2ccccc2)nc2sc(C)c(C)c12. The van der Waals surface area contributed by atoms with Crippen LogP contribution in [0.4, 0.5) is 5.82 Å². The van der Waals surface area contributed by atoms with Crippen molar-refractivity contribution in [2.24, 2.45) is 0 Å². The van der Waals surface area contributed by atoms with Gasteiger partial charge in [-0.05, 0) is 31.4 Å². The number of hydrogen-bond acceptors (Lipinski definition) is 4. The van der Waals surface area contributed by atoms with Gasteiger partial charge in [-0.2, -0.15) is 0 Å². The Kier molecular flexibility index (Phi) is 4.39. The predicted octanol–water partition coefficient (Wildman–Crippen LogP) is 4.72. The normalized spacial score (nSPS) is 11.0. The molecule has 0 unspecified atom stereocenters. The standard InChI is InChI=1S/C18H21N3S/c1-4-10-19-17-16-12(2)13(3)22-18(16)21-15(20-17)11-14-8-6-5-7-9-14/h5-9H,4,10-11H2,1-3H3,(H,19,20,21).